The third-order valence-electron chi connectivity index (χ3n) is 1.32. The normalized spacial score (nSPS) is 23.1. The summed E-state index contributed by atoms with van der Waals surface area (Å²) in [5.74, 6) is 1.00. The fourth-order valence-corrected chi connectivity index (χ4v) is 1.23. The Hall–Kier alpha value is 0.270. The van der Waals surface area contributed by atoms with E-state index in [9.17, 15) is 0 Å². The van der Waals surface area contributed by atoms with Gasteiger partial charge in [-0.1, -0.05) is 13.3 Å². The highest BCUT2D eigenvalue weighted by Gasteiger charge is 2.22. The fraction of sp³-hybridized carbons (Fsp3) is 1.00. The molecule has 0 bridgehead atoms. The van der Waals surface area contributed by atoms with E-state index in [0.29, 0.717) is 6.10 Å². The molecule has 10 heavy (non-hydrogen) atoms. The highest BCUT2D eigenvalue weighted by molar-refractivity contribution is 7.94. The molecule has 0 amide bonds. The molecule has 0 spiro atoms. The molecule has 0 N–H and O–H groups in total. The van der Waals surface area contributed by atoms with E-state index in [1.54, 1.807) is 0 Å². The summed E-state index contributed by atoms with van der Waals surface area (Å²) in [5.41, 5.74) is 0. The van der Waals surface area contributed by atoms with Gasteiger partial charge < -0.3 is 8.92 Å². The average molecular weight is 162 g/mol. The van der Waals surface area contributed by atoms with Crippen LogP contribution in [0.4, 0.5) is 0 Å². The summed E-state index contributed by atoms with van der Waals surface area (Å²) < 4.78 is 10.3. The Bertz CT molecular complexity index is 83.7. The van der Waals surface area contributed by atoms with Gasteiger partial charge in [-0.2, -0.15) is 0 Å². The van der Waals surface area contributed by atoms with Gasteiger partial charge in [0, 0.05) is 5.75 Å². The zero-order valence-electron chi connectivity index (χ0n) is 6.34. The van der Waals surface area contributed by atoms with Crippen molar-refractivity contribution in [1.29, 1.82) is 0 Å². The molecular weight excluding hydrogens is 148 g/mol. The molecule has 60 valence electrons. The van der Waals surface area contributed by atoms with Crippen LogP contribution in [0.3, 0.4) is 0 Å². The van der Waals surface area contributed by atoms with Crippen LogP contribution in [0.1, 0.15) is 19.8 Å². The van der Waals surface area contributed by atoms with E-state index in [0.717, 1.165) is 19.0 Å². The zero-order chi connectivity index (χ0) is 7.23. The summed E-state index contributed by atoms with van der Waals surface area (Å²) in [7, 11) is 0. The second-order valence-corrected chi connectivity index (χ2v) is 3.22. The molecule has 1 rings (SSSR count). The first-order valence-electron chi connectivity index (χ1n) is 3.79. The zero-order valence-corrected chi connectivity index (χ0v) is 7.15. The van der Waals surface area contributed by atoms with Crippen LogP contribution in [0.2, 0.25) is 0 Å². The Kier molecular flexibility index (Phi) is 4.18. The minimum Gasteiger partial charge on any atom is -0.372 e. The van der Waals surface area contributed by atoms with Gasteiger partial charge in [-0.3, -0.25) is 0 Å². The molecule has 1 atom stereocenters. The van der Waals surface area contributed by atoms with Crippen LogP contribution in [0.5, 0.6) is 0 Å². The van der Waals surface area contributed by atoms with Gasteiger partial charge in [-0.25, -0.2) is 0 Å². The summed E-state index contributed by atoms with van der Waals surface area (Å²) in [6.45, 7) is 3.98. The molecule has 0 aliphatic carbocycles. The molecule has 1 aliphatic rings. The maximum absolute atomic E-state index is 5.26. The van der Waals surface area contributed by atoms with Gasteiger partial charge in [0.2, 0.25) is 0 Å². The van der Waals surface area contributed by atoms with Crippen molar-refractivity contribution in [3.63, 3.8) is 0 Å². The van der Waals surface area contributed by atoms with Crippen LogP contribution in [0.15, 0.2) is 0 Å². The van der Waals surface area contributed by atoms with Gasteiger partial charge >= 0.3 is 0 Å². The number of hydrogen-bond acceptors (Lipinski definition) is 3. The van der Waals surface area contributed by atoms with Crippen molar-refractivity contribution in [2.45, 2.75) is 25.9 Å². The minimum absolute atomic E-state index is 0.492. The highest BCUT2D eigenvalue weighted by Crippen LogP contribution is 2.16. The first-order chi connectivity index (χ1) is 4.93. The van der Waals surface area contributed by atoms with E-state index >= 15 is 0 Å². The van der Waals surface area contributed by atoms with Gasteiger partial charge in [0.05, 0.1) is 19.3 Å². The molecule has 0 aromatic heterocycles. The first kappa shape index (κ1) is 8.37. The lowest BCUT2D eigenvalue weighted by molar-refractivity contribution is 0.358. The molecule has 0 aromatic carbocycles. The molecule has 0 saturated carbocycles. The van der Waals surface area contributed by atoms with Crippen molar-refractivity contribution in [2.24, 2.45) is 0 Å². The van der Waals surface area contributed by atoms with Crippen LogP contribution in [-0.4, -0.2) is 25.1 Å². The topological polar surface area (TPSA) is 21.8 Å². The van der Waals surface area contributed by atoms with E-state index in [-0.39, 0.29) is 0 Å². The van der Waals surface area contributed by atoms with Crippen molar-refractivity contribution in [2.75, 3.05) is 19.0 Å². The lowest BCUT2D eigenvalue weighted by Gasteiger charge is -1.97. The Labute approximate surface area is 66.5 Å². The lowest BCUT2D eigenvalue weighted by Crippen LogP contribution is -1.92. The predicted octanol–water partition coefficient (Wildman–Crippen LogP) is 1.85. The number of epoxide rings is 1. The van der Waals surface area contributed by atoms with Crippen molar-refractivity contribution in [3.05, 3.63) is 0 Å². The summed E-state index contributed by atoms with van der Waals surface area (Å²) in [4.78, 5) is 0. The molecular formula is C7H14O2S. The quantitative estimate of drug-likeness (QED) is 0.338. The second-order valence-electron chi connectivity index (χ2n) is 2.42. The molecule has 1 aliphatic heterocycles. The van der Waals surface area contributed by atoms with Crippen LogP contribution in [0.25, 0.3) is 0 Å². The summed E-state index contributed by atoms with van der Waals surface area (Å²) in [6, 6.07) is 0. The van der Waals surface area contributed by atoms with E-state index in [1.165, 1.54) is 24.9 Å². The Balaban J connectivity index is 1.68. The van der Waals surface area contributed by atoms with E-state index in [1.807, 2.05) is 0 Å². The van der Waals surface area contributed by atoms with Crippen molar-refractivity contribution in [1.82, 2.24) is 0 Å². The molecule has 1 saturated heterocycles. The molecule has 1 heterocycles. The third kappa shape index (κ3) is 4.14. The van der Waals surface area contributed by atoms with E-state index < -0.39 is 0 Å². The Morgan fingerprint density at radius 1 is 1.70 bits per heavy atom. The fourth-order valence-electron chi connectivity index (χ4n) is 0.550. The number of hydrogen-bond donors (Lipinski definition) is 0. The molecule has 0 aromatic rings. The Morgan fingerprint density at radius 2 is 2.50 bits per heavy atom. The van der Waals surface area contributed by atoms with Crippen LogP contribution in [-0.2, 0) is 8.92 Å². The van der Waals surface area contributed by atoms with Gasteiger partial charge in [0.1, 0.15) is 0 Å². The largest absolute Gasteiger partial charge is 0.372 e. The monoisotopic (exact) mass is 162 g/mol. The van der Waals surface area contributed by atoms with Gasteiger partial charge in [0.25, 0.3) is 0 Å². The van der Waals surface area contributed by atoms with E-state index in [4.69, 9.17) is 8.92 Å². The second kappa shape index (κ2) is 4.99. The number of rotatable bonds is 6. The highest BCUT2D eigenvalue weighted by atomic mass is 32.2. The lowest BCUT2D eigenvalue weighted by atomic mass is 10.4. The first-order valence-corrected chi connectivity index (χ1v) is 4.70. The van der Waals surface area contributed by atoms with Crippen LogP contribution in [0, 0.1) is 0 Å². The SMILES string of the molecule is CCCCOSCC1CO1. The van der Waals surface area contributed by atoms with Crippen molar-refractivity contribution < 1.29 is 8.92 Å². The molecule has 1 unspecified atom stereocenters. The minimum atomic E-state index is 0.492. The van der Waals surface area contributed by atoms with Crippen molar-refractivity contribution >= 4 is 12.0 Å². The summed E-state index contributed by atoms with van der Waals surface area (Å²) >= 11 is 1.54. The maximum Gasteiger partial charge on any atom is 0.0922 e. The molecule has 0 radical (unpaired) electrons. The van der Waals surface area contributed by atoms with Gasteiger partial charge in [0.15, 0.2) is 0 Å². The van der Waals surface area contributed by atoms with Gasteiger partial charge in [-0.05, 0) is 18.5 Å². The Morgan fingerprint density at radius 3 is 3.10 bits per heavy atom. The van der Waals surface area contributed by atoms with E-state index in [2.05, 4.69) is 6.92 Å². The number of ether oxygens (including phenoxy) is 1. The standard InChI is InChI=1S/C7H14O2S/c1-2-3-4-9-10-6-7-5-8-7/h7H,2-6H2,1H3. The van der Waals surface area contributed by atoms with Crippen LogP contribution >= 0.6 is 12.0 Å². The summed E-state index contributed by atoms with van der Waals surface area (Å²) in [5, 5.41) is 0. The molecule has 3 heteroatoms. The maximum atomic E-state index is 5.26. The smallest absolute Gasteiger partial charge is 0.0922 e. The number of unbranched alkanes of at least 4 members (excludes halogenated alkanes) is 1. The summed E-state index contributed by atoms with van der Waals surface area (Å²) in [6.07, 6.45) is 2.87. The molecule has 1 fully saturated rings. The third-order valence-corrected chi connectivity index (χ3v) is 2.16. The van der Waals surface area contributed by atoms with Crippen molar-refractivity contribution in [3.8, 4) is 0 Å². The average Bonchev–Trinajstić information content (AvgIpc) is 2.71. The molecule has 2 nitrogen and oxygen atoms in total. The predicted molar refractivity (Wildman–Crippen MR) is 43.1 cm³/mol. The van der Waals surface area contributed by atoms with Crippen LogP contribution < -0.4 is 0 Å². The van der Waals surface area contributed by atoms with Gasteiger partial charge in [-0.15, -0.1) is 0 Å².